The molecule has 2 fully saturated rings. The van der Waals surface area contributed by atoms with Gasteiger partial charge in [0, 0.05) is 6.42 Å². The second-order valence-corrected chi connectivity index (χ2v) is 7.07. The highest BCUT2D eigenvalue weighted by molar-refractivity contribution is 7.33. The van der Waals surface area contributed by atoms with Gasteiger partial charge in [-0.25, -0.2) is 0 Å². The van der Waals surface area contributed by atoms with Gasteiger partial charge in [0.25, 0.3) is 0 Å². The highest BCUT2D eigenvalue weighted by atomic mass is 31.1. The molecule has 2 aliphatic rings. The van der Waals surface area contributed by atoms with Crippen molar-refractivity contribution in [1.29, 1.82) is 0 Å². The van der Waals surface area contributed by atoms with E-state index in [1.807, 2.05) is 13.8 Å². The van der Waals surface area contributed by atoms with E-state index in [1.54, 1.807) is 0 Å². The van der Waals surface area contributed by atoms with Gasteiger partial charge in [-0.2, -0.15) is 0 Å². The first-order valence-electron chi connectivity index (χ1n) is 7.63. The van der Waals surface area contributed by atoms with Gasteiger partial charge in [0.2, 0.25) is 0 Å². The molecule has 0 aromatic carbocycles. The first-order chi connectivity index (χ1) is 9.49. The lowest BCUT2D eigenvalue weighted by Crippen LogP contribution is -2.23. The van der Waals surface area contributed by atoms with Crippen molar-refractivity contribution < 1.29 is 23.1 Å². The van der Waals surface area contributed by atoms with Crippen molar-refractivity contribution in [3.8, 4) is 0 Å². The Morgan fingerprint density at radius 2 is 1.75 bits per heavy atom. The van der Waals surface area contributed by atoms with Gasteiger partial charge in [-0.3, -0.25) is 4.57 Å². The summed E-state index contributed by atoms with van der Waals surface area (Å²) in [4.78, 5) is 0. The molecule has 0 aliphatic carbocycles. The monoisotopic (exact) mass is 306 g/mol. The van der Waals surface area contributed by atoms with Crippen LogP contribution in [0.5, 0.6) is 0 Å². The minimum Gasteiger partial charge on any atom is -0.373 e. The van der Waals surface area contributed by atoms with E-state index in [2.05, 4.69) is 13.8 Å². The second kappa shape index (κ2) is 7.37. The fourth-order valence-electron chi connectivity index (χ4n) is 3.08. The highest BCUT2D eigenvalue weighted by Gasteiger charge is 2.34. The third-order valence-electron chi connectivity index (χ3n) is 4.15. The number of rotatable bonds is 6. The predicted molar refractivity (Wildman–Crippen MR) is 77.2 cm³/mol. The molecule has 6 heteroatoms. The van der Waals surface area contributed by atoms with Crippen LogP contribution in [0.25, 0.3) is 0 Å². The molecule has 2 rings (SSSR count). The van der Waals surface area contributed by atoms with Crippen LogP contribution in [0.4, 0.5) is 0 Å². The maximum Gasteiger partial charge on any atom is 0.319 e. The lowest BCUT2D eigenvalue weighted by molar-refractivity contribution is 0.00268. The molecular weight excluding hydrogens is 279 g/mol. The smallest absolute Gasteiger partial charge is 0.319 e. The van der Waals surface area contributed by atoms with Crippen LogP contribution in [-0.2, 0) is 23.1 Å². The molecule has 20 heavy (non-hydrogen) atoms. The molecule has 7 unspecified atom stereocenters. The molecular formula is C14H27O5P. The van der Waals surface area contributed by atoms with Crippen molar-refractivity contribution in [1.82, 2.24) is 0 Å². The molecule has 0 bridgehead atoms. The maximum atomic E-state index is 11.9. The van der Waals surface area contributed by atoms with Gasteiger partial charge in [0.1, 0.15) is 0 Å². The van der Waals surface area contributed by atoms with Gasteiger partial charge >= 0.3 is 8.25 Å². The lowest BCUT2D eigenvalue weighted by Gasteiger charge is -2.19. The van der Waals surface area contributed by atoms with E-state index in [0.29, 0.717) is 12.5 Å². The fraction of sp³-hybridized carbons (Fsp3) is 1.00. The zero-order chi connectivity index (χ0) is 14.7. The summed E-state index contributed by atoms with van der Waals surface area (Å²) in [6.07, 6.45) is 3.06. The first kappa shape index (κ1) is 16.4. The van der Waals surface area contributed by atoms with Gasteiger partial charge in [0.05, 0.1) is 37.1 Å². The minimum atomic E-state index is -2.48. The topological polar surface area (TPSA) is 54.0 Å². The van der Waals surface area contributed by atoms with Gasteiger partial charge in [0.15, 0.2) is 0 Å². The molecule has 0 spiro atoms. The second-order valence-electron chi connectivity index (χ2n) is 6.04. The van der Waals surface area contributed by atoms with E-state index in [9.17, 15) is 4.57 Å². The van der Waals surface area contributed by atoms with Crippen LogP contribution in [0.1, 0.15) is 47.0 Å². The Kier molecular flexibility index (Phi) is 6.06. The van der Waals surface area contributed by atoms with Crippen LogP contribution >= 0.6 is 8.25 Å². The Labute approximate surface area is 122 Å². The summed E-state index contributed by atoms with van der Waals surface area (Å²) in [6, 6.07) is 0. The molecule has 118 valence electrons. The summed E-state index contributed by atoms with van der Waals surface area (Å²) in [5.74, 6) is 0.443. The zero-order valence-corrected chi connectivity index (χ0v) is 13.8. The van der Waals surface area contributed by atoms with E-state index in [4.69, 9.17) is 18.5 Å². The van der Waals surface area contributed by atoms with E-state index in [0.717, 1.165) is 19.3 Å². The molecule has 0 aromatic heterocycles. The van der Waals surface area contributed by atoms with Crippen LogP contribution < -0.4 is 0 Å². The molecule has 0 saturated carbocycles. The number of hydrogen-bond donors (Lipinski definition) is 0. The summed E-state index contributed by atoms with van der Waals surface area (Å²) in [7, 11) is -2.48. The largest absolute Gasteiger partial charge is 0.373 e. The Hall–Kier alpha value is 0.0700. The quantitative estimate of drug-likeness (QED) is 0.705. The standard InChI is InChI=1S/C14H27O5P/c1-5-12-13(7-11(4)17-12)19-20(15)16-8-14-9(2)6-10(3)18-14/h9-14,20H,5-8H2,1-4H3. The van der Waals surface area contributed by atoms with E-state index >= 15 is 0 Å². The first-order valence-corrected chi connectivity index (χ1v) is 8.86. The molecule has 2 aliphatic heterocycles. The van der Waals surface area contributed by atoms with Crippen molar-refractivity contribution in [2.24, 2.45) is 5.92 Å². The minimum absolute atomic E-state index is 0.0308. The SMILES string of the molecule is CCC1OC(C)CC1O[PH](=O)OCC1OC(C)CC1C. The van der Waals surface area contributed by atoms with Gasteiger partial charge < -0.3 is 18.5 Å². The van der Waals surface area contributed by atoms with Crippen LogP contribution in [0.3, 0.4) is 0 Å². The molecule has 2 saturated heterocycles. The molecule has 2 heterocycles. The lowest BCUT2D eigenvalue weighted by atomic mass is 10.0. The zero-order valence-electron chi connectivity index (χ0n) is 12.8. The van der Waals surface area contributed by atoms with Crippen molar-refractivity contribution in [3.63, 3.8) is 0 Å². The van der Waals surface area contributed by atoms with Gasteiger partial charge in [-0.05, 0) is 32.6 Å². The van der Waals surface area contributed by atoms with Crippen molar-refractivity contribution >= 4 is 8.25 Å². The summed E-state index contributed by atoms with van der Waals surface area (Å²) >= 11 is 0. The van der Waals surface area contributed by atoms with Gasteiger partial charge in [-0.1, -0.05) is 13.8 Å². The molecule has 7 atom stereocenters. The van der Waals surface area contributed by atoms with Crippen molar-refractivity contribution in [2.45, 2.75) is 77.5 Å². The summed E-state index contributed by atoms with van der Waals surface area (Å²) in [5, 5.41) is 0. The van der Waals surface area contributed by atoms with Gasteiger partial charge in [-0.15, -0.1) is 0 Å². The van der Waals surface area contributed by atoms with E-state index in [-0.39, 0.29) is 30.5 Å². The number of ether oxygens (including phenoxy) is 2. The third-order valence-corrected chi connectivity index (χ3v) is 5.04. The molecule has 0 aromatic rings. The number of hydrogen-bond acceptors (Lipinski definition) is 5. The fourth-order valence-corrected chi connectivity index (χ4v) is 3.94. The predicted octanol–water partition coefficient (Wildman–Crippen LogP) is 3.18. The maximum absolute atomic E-state index is 11.9. The van der Waals surface area contributed by atoms with E-state index < -0.39 is 8.25 Å². The van der Waals surface area contributed by atoms with E-state index in [1.165, 1.54) is 0 Å². The van der Waals surface area contributed by atoms with Crippen molar-refractivity contribution in [3.05, 3.63) is 0 Å². The molecule has 0 amide bonds. The normalized spacial score (nSPS) is 43.0. The Morgan fingerprint density at radius 1 is 1.10 bits per heavy atom. The molecule has 0 N–H and O–H groups in total. The third kappa shape index (κ3) is 4.28. The summed E-state index contributed by atoms with van der Waals surface area (Å²) in [6.45, 7) is 8.60. The summed E-state index contributed by atoms with van der Waals surface area (Å²) < 4.78 is 34.3. The van der Waals surface area contributed by atoms with Crippen LogP contribution in [0, 0.1) is 5.92 Å². The molecule has 0 radical (unpaired) electrons. The Morgan fingerprint density at radius 3 is 2.35 bits per heavy atom. The molecule has 5 nitrogen and oxygen atoms in total. The highest BCUT2D eigenvalue weighted by Crippen LogP contribution is 2.36. The van der Waals surface area contributed by atoms with Crippen LogP contribution in [0.15, 0.2) is 0 Å². The van der Waals surface area contributed by atoms with Crippen molar-refractivity contribution in [2.75, 3.05) is 6.61 Å². The Bertz CT molecular complexity index is 338. The summed E-state index contributed by atoms with van der Waals surface area (Å²) in [5.41, 5.74) is 0. The average Bonchev–Trinajstić information content (AvgIpc) is 2.89. The average molecular weight is 306 g/mol. The van der Waals surface area contributed by atoms with Crippen LogP contribution in [0.2, 0.25) is 0 Å². The van der Waals surface area contributed by atoms with Crippen LogP contribution in [-0.4, -0.2) is 37.1 Å². The Balaban J connectivity index is 1.73.